The molecule has 0 aliphatic heterocycles. The van der Waals surface area contributed by atoms with Crippen molar-refractivity contribution in [3.05, 3.63) is 60.7 Å². The molecule has 1 unspecified atom stereocenters. The Morgan fingerprint density at radius 3 is 1.96 bits per heavy atom. The van der Waals surface area contributed by atoms with Crippen LogP contribution in [-0.2, 0) is 14.4 Å². The first kappa shape index (κ1) is 16.7. The predicted molar refractivity (Wildman–Crippen MR) is 88.7 cm³/mol. The number of hydrogen-bond donors (Lipinski definition) is 3. The Morgan fingerprint density at radius 1 is 0.913 bits per heavy atom. The number of hydrogen-bond acceptors (Lipinski definition) is 4. The summed E-state index contributed by atoms with van der Waals surface area (Å²) in [7, 11) is 1.40. The summed E-state index contributed by atoms with van der Waals surface area (Å²) in [5, 5.41) is 5.47. The van der Waals surface area contributed by atoms with Crippen LogP contribution in [0.15, 0.2) is 60.7 Å². The minimum absolute atomic E-state index is 0.0542. The summed E-state index contributed by atoms with van der Waals surface area (Å²) in [5.74, 6) is -0.629. The number of benzene rings is 2. The van der Waals surface area contributed by atoms with Crippen LogP contribution in [0.4, 0.5) is 11.4 Å². The van der Waals surface area contributed by atoms with E-state index in [1.54, 1.807) is 24.3 Å². The van der Waals surface area contributed by atoms with Crippen LogP contribution in [0, 0.1) is 0 Å². The van der Waals surface area contributed by atoms with Crippen LogP contribution in [0.5, 0.6) is 0 Å². The zero-order valence-electron chi connectivity index (χ0n) is 12.8. The Balaban J connectivity index is 1.94. The summed E-state index contributed by atoms with van der Waals surface area (Å²) in [5.41, 5.74) is 3.88. The molecule has 23 heavy (non-hydrogen) atoms. The van der Waals surface area contributed by atoms with Gasteiger partial charge in [-0.1, -0.05) is 36.4 Å². The number of carbonyl (C=O) groups excluding carboxylic acids is 2. The number of carbonyl (C=O) groups is 2. The molecule has 0 bridgehead atoms. The molecular formula is C17H19N3O3. The minimum Gasteiger partial charge on any atom is -0.326 e. The van der Waals surface area contributed by atoms with Gasteiger partial charge in [-0.25, -0.2) is 0 Å². The molecule has 0 saturated heterocycles. The lowest BCUT2D eigenvalue weighted by Crippen LogP contribution is -2.42. The van der Waals surface area contributed by atoms with Crippen LogP contribution >= 0.6 is 0 Å². The monoisotopic (exact) mass is 313 g/mol. The smallest absolute Gasteiger partial charge is 0.244 e. The Morgan fingerprint density at radius 2 is 1.43 bits per heavy atom. The molecule has 2 amide bonds. The largest absolute Gasteiger partial charge is 0.326 e. The molecule has 2 aromatic carbocycles. The van der Waals surface area contributed by atoms with E-state index in [0.717, 1.165) is 0 Å². The van der Waals surface area contributed by atoms with Gasteiger partial charge in [0.25, 0.3) is 0 Å². The highest BCUT2D eigenvalue weighted by atomic mass is 16.6. The van der Waals surface area contributed by atoms with Gasteiger partial charge in [-0.15, -0.1) is 0 Å². The van der Waals surface area contributed by atoms with E-state index in [1.165, 1.54) is 7.11 Å². The van der Waals surface area contributed by atoms with Gasteiger partial charge < -0.3 is 15.5 Å². The van der Waals surface area contributed by atoms with E-state index in [-0.39, 0.29) is 18.2 Å². The van der Waals surface area contributed by atoms with Gasteiger partial charge in [0.2, 0.25) is 11.8 Å². The van der Waals surface area contributed by atoms with Gasteiger partial charge >= 0.3 is 0 Å². The molecule has 0 aliphatic rings. The van der Waals surface area contributed by atoms with Crippen molar-refractivity contribution in [2.45, 2.75) is 12.5 Å². The van der Waals surface area contributed by atoms with Crippen LogP contribution in [-0.4, -0.2) is 25.0 Å². The van der Waals surface area contributed by atoms with Crippen molar-refractivity contribution in [1.29, 1.82) is 0 Å². The summed E-state index contributed by atoms with van der Waals surface area (Å²) < 4.78 is 0. The number of hydroxylamine groups is 1. The van der Waals surface area contributed by atoms with E-state index < -0.39 is 6.04 Å². The second kappa shape index (κ2) is 8.67. The molecule has 6 nitrogen and oxygen atoms in total. The third kappa shape index (κ3) is 5.54. The van der Waals surface area contributed by atoms with E-state index in [1.807, 2.05) is 36.4 Å². The molecule has 6 heteroatoms. The number of amides is 2. The first-order chi connectivity index (χ1) is 11.2. The third-order valence-corrected chi connectivity index (χ3v) is 3.06. The fourth-order valence-corrected chi connectivity index (χ4v) is 2.00. The van der Waals surface area contributed by atoms with Crippen molar-refractivity contribution >= 4 is 23.2 Å². The molecule has 2 aromatic rings. The van der Waals surface area contributed by atoms with Crippen LogP contribution < -0.4 is 16.1 Å². The van der Waals surface area contributed by atoms with Crippen molar-refractivity contribution in [3.63, 3.8) is 0 Å². The summed E-state index contributed by atoms with van der Waals surface area (Å²) in [4.78, 5) is 29.1. The fourth-order valence-electron chi connectivity index (χ4n) is 2.00. The highest BCUT2D eigenvalue weighted by Crippen LogP contribution is 2.09. The summed E-state index contributed by atoms with van der Waals surface area (Å²) in [6.07, 6.45) is -0.0542. The fraction of sp³-hybridized carbons (Fsp3) is 0.176. The zero-order chi connectivity index (χ0) is 16.5. The van der Waals surface area contributed by atoms with Crippen LogP contribution in [0.3, 0.4) is 0 Å². The Kier molecular flexibility index (Phi) is 6.28. The van der Waals surface area contributed by atoms with E-state index in [0.29, 0.717) is 11.4 Å². The van der Waals surface area contributed by atoms with Crippen LogP contribution in [0.1, 0.15) is 6.42 Å². The van der Waals surface area contributed by atoms with Gasteiger partial charge in [-0.3, -0.25) is 9.59 Å². The molecule has 0 aliphatic carbocycles. The molecule has 3 N–H and O–H groups in total. The van der Waals surface area contributed by atoms with Crippen molar-refractivity contribution in [1.82, 2.24) is 5.48 Å². The molecule has 0 aromatic heterocycles. The number of para-hydroxylation sites is 2. The van der Waals surface area contributed by atoms with Crippen molar-refractivity contribution < 1.29 is 14.4 Å². The zero-order valence-corrected chi connectivity index (χ0v) is 12.8. The van der Waals surface area contributed by atoms with E-state index in [9.17, 15) is 9.59 Å². The van der Waals surface area contributed by atoms with Crippen LogP contribution in [0.2, 0.25) is 0 Å². The molecule has 0 fully saturated rings. The van der Waals surface area contributed by atoms with Crippen molar-refractivity contribution in [2.24, 2.45) is 0 Å². The topological polar surface area (TPSA) is 79.5 Å². The lowest BCUT2D eigenvalue weighted by atomic mass is 10.2. The standard InChI is InChI=1S/C17H19N3O3/c1-23-20-15(17(22)19-14-10-6-3-7-11-14)12-16(21)18-13-8-4-2-5-9-13/h2-11,15,20H,12H2,1H3,(H,18,21)(H,19,22). The summed E-state index contributed by atoms with van der Waals surface area (Å²) >= 11 is 0. The molecule has 120 valence electrons. The first-order valence-corrected chi connectivity index (χ1v) is 7.18. The van der Waals surface area contributed by atoms with Crippen molar-refractivity contribution in [2.75, 3.05) is 17.7 Å². The molecule has 2 rings (SSSR count). The second-order valence-corrected chi connectivity index (χ2v) is 4.85. The molecule has 0 heterocycles. The lowest BCUT2D eigenvalue weighted by molar-refractivity contribution is -0.126. The van der Waals surface area contributed by atoms with E-state index in [4.69, 9.17) is 4.84 Å². The molecule has 1 atom stereocenters. The van der Waals surface area contributed by atoms with E-state index in [2.05, 4.69) is 16.1 Å². The Bertz CT molecular complexity index is 632. The number of nitrogens with one attached hydrogen (secondary N) is 3. The molecule has 0 radical (unpaired) electrons. The SMILES string of the molecule is CONC(CC(=O)Nc1ccccc1)C(=O)Nc1ccccc1. The molecule has 0 saturated carbocycles. The van der Waals surface area contributed by atoms with Gasteiger partial charge in [0.15, 0.2) is 0 Å². The minimum atomic E-state index is -0.802. The normalized spacial score (nSPS) is 11.5. The Hall–Kier alpha value is -2.70. The van der Waals surface area contributed by atoms with Gasteiger partial charge in [-0.2, -0.15) is 5.48 Å². The van der Waals surface area contributed by atoms with E-state index >= 15 is 0 Å². The third-order valence-electron chi connectivity index (χ3n) is 3.06. The highest BCUT2D eigenvalue weighted by molar-refractivity contribution is 6.00. The van der Waals surface area contributed by atoms with Gasteiger partial charge in [-0.05, 0) is 24.3 Å². The van der Waals surface area contributed by atoms with Gasteiger partial charge in [0.05, 0.1) is 13.5 Å². The number of rotatable bonds is 7. The van der Waals surface area contributed by atoms with Crippen molar-refractivity contribution in [3.8, 4) is 0 Å². The maximum Gasteiger partial charge on any atom is 0.244 e. The summed E-state index contributed by atoms with van der Waals surface area (Å²) in [6.45, 7) is 0. The summed E-state index contributed by atoms with van der Waals surface area (Å²) in [6, 6.07) is 17.3. The maximum atomic E-state index is 12.3. The van der Waals surface area contributed by atoms with Crippen LogP contribution in [0.25, 0.3) is 0 Å². The molecular weight excluding hydrogens is 294 g/mol. The Labute approximate surface area is 134 Å². The predicted octanol–water partition coefficient (Wildman–Crippen LogP) is 2.17. The lowest BCUT2D eigenvalue weighted by Gasteiger charge is -2.17. The second-order valence-electron chi connectivity index (χ2n) is 4.85. The maximum absolute atomic E-state index is 12.3. The average Bonchev–Trinajstić information content (AvgIpc) is 2.56. The average molecular weight is 313 g/mol. The first-order valence-electron chi connectivity index (χ1n) is 7.18. The highest BCUT2D eigenvalue weighted by Gasteiger charge is 2.22. The molecule has 0 spiro atoms. The quantitative estimate of drug-likeness (QED) is 0.685. The van der Waals surface area contributed by atoms with Gasteiger partial charge in [0, 0.05) is 11.4 Å². The number of anilines is 2. The van der Waals surface area contributed by atoms with Gasteiger partial charge in [0.1, 0.15) is 6.04 Å².